The molecule has 1 aliphatic carbocycles. The number of nitrogens with zero attached hydrogens (tertiary/aromatic N) is 1. The van der Waals surface area contributed by atoms with E-state index in [0.717, 1.165) is 52.6 Å². The van der Waals surface area contributed by atoms with Crippen molar-refractivity contribution >= 4 is 11.3 Å². The van der Waals surface area contributed by atoms with Crippen molar-refractivity contribution in [1.29, 1.82) is 0 Å². The fourth-order valence-electron chi connectivity index (χ4n) is 4.63. The van der Waals surface area contributed by atoms with Crippen LogP contribution in [-0.4, -0.2) is 69.6 Å². The van der Waals surface area contributed by atoms with Crippen molar-refractivity contribution in [2.24, 2.45) is 5.92 Å². The topological polar surface area (TPSA) is 45.8 Å². The monoisotopic (exact) mass is 365 g/mol. The number of hydrogen-bond donors (Lipinski definition) is 2. The van der Waals surface area contributed by atoms with Crippen LogP contribution in [0.5, 0.6) is 0 Å². The van der Waals surface area contributed by atoms with Gasteiger partial charge in [0.05, 0.1) is 32.5 Å². The van der Waals surface area contributed by atoms with E-state index in [1.54, 1.807) is 0 Å². The van der Waals surface area contributed by atoms with Crippen LogP contribution in [0.1, 0.15) is 30.2 Å². The molecule has 0 aromatic carbocycles. The second-order valence-electron chi connectivity index (χ2n) is 7.42. The molecule has 2 saturated heterocycles. The molecule has 2 N–H and O–H groups in total. The summed E-state index contributed by atoms with van der Waals surface area (Å²) in [4.78, 5) is 4.07. The SMILES string of the molecule is c1csc(C(CNC2CCCC2C2COCCN2)N2CCOCC2)c1. The van der Waals surface area contributed by atoms with Gasteiger partial charge in [0.1, 0.15) is 0 Å². The van der Waals surface area contributed by atoms with Gasteiger partial charge in [0.2, 0.25) is 0 Å². The maximum atomic E-state index is 5.71. The maximum absolute atomic E-state index is 5.71. The van der Waals surface area contributed by atoms with Gasteiger partial charge in [0.15, 0.2) is 0 Å². The highest BCUT2D eigenvalue weighted by molar-refractivity contribution is 7.10. The summed E-state index contributed by atoms with van der Waals surface area (Å²) < 4.78 is 11.3. The second kappa shape index (κ2) is 8.93. The zero-order chi connectivity index (χ0) is 16.9. The van der Waals surface area contributed by atoms with E-state index in [2.05, 4.69) is 33.0 Å². The highest BCUT2D eigenvalue weighted by Gasteiger charge is 2.35. The lowest BCUT2D eigenvalue weighted by atomic mass is 9.93. The average molecular weight is 366 g/mol. The summed E-state index contributed by atoms with van der Waals surface area (Å²) in [6.07, 6.45) is 3.95. The molecule has 4 rings (SSSR count). The van der Waals surface area contributed by atoms with Gasteiger partial charge in [-0.05, 0) is 30.2 Å². The Bertz CT molecular complexity index is 501. The molecule has 4 atom stereocenters. The van der Waals surface area contributed by atoms with Gasteiger partial charge in [-0.2, -0.15) is 0 Å². The third-order valence-corrected chi connectivity index (χ3v) is 6.94. The first-order chi connectivity index (χ1) is 12.4. The van der Waals surface area contributed by atoms with Crippen molar-refractivity contribution in [3.63, 3.8) is 0 Å². The molecule has 0 radical (unpaired) electrons. The number of morpholine rings is 2. The fraction of sp³-hybridized carbons (Fsp3) is 0.789. The zero-order valence-corrected chi connectivity index (χ0v) is 15.8. The van der Waals surface area contributed by atoms with Gasteiger partial charge in [0, 0.05) is 43.1 Å². The molecule has 0 amide bonds. The highest BCUT2D eigenvalue weighted by atomic mass is 32.1. The summed E-state index contributed by atoms with van der Waals surface area (Å²) in [5.41, 5.74) is 0. The molecule has 25 heavy (non-hydrogen) atoms. The Morgan fingerprint density at radius 1 is 1.24 bits per heavy atom. The van der Waals surface area contributed by atoms with Crippen LogP contribution in [0, 0.1) is 5.92 Å². The molecule has 3 fully saturated rings. The normalized spacial score (nSPS) is 32.7. The van der Waals surface area contributed by atoms with Gasteiger partial charge in [-0.1, -0.05) is 12.5 Å². The number of hydrogen-bond acceptors (Lipinski definition) is 6. The van der Waals surface area contributed by atoms with Crippen molar-refractivity contribution < 1.29 is 9.47 Å². The Balaban J connectivity index is 1.38. The molecule has 2 aliphatic heterocycles. The van der Waals surface area contributed by atoms with Gasteiger partial charge in [-0.25, -0.2) is 0 Å². The second-order valence-corrected chi connectivity index (χ2v) is 8.40. The van der Waals surface area contributed by atoms with E-state index >= 15 is 0 Å². The predicted octanol–water partition coefficient (Wildman–Crippen LogP) is 1.87. The molecule has 6 heteroatoms. The highest BCUT2D eigenvalue weighted by Crippen LogP contribution is 2.31. The van der Waals surface area contributed by atoms with Gasteiger partial charge in [-0.3, -0.25) is 4.90 Å². The Morgan fingerprint density at radius 3 is 2.92 bits per heavy atom. The van der Waals surface area contributed by atoms with Gasteiger partial charge < -0.3 is 20.1 Å². The minimum atomic E-state index is 0.473. The van der Waals surface area contributed by atoms with Crippen LogP contribution in [0.25, 0.3) is 0 Å². The molecule has 1 aromatic rings. The molecule has 0 spiro atoms. The Hall–Kier alpha value is -0.500. The van der Waals surface area contributed by atoms with Crippen molar-refractivity contribution in [1.82, 2.24) is 15.5 Å². The van der Waals surface area contributed by atoms with E-state index < -0.39 is 0 Å². The Morgan fingerprint density at radius 2 is 2.16 bits per heavy atom. The van der Waals surface area contributed by atoms with Crippen molar-refractivity contribution in [2.75, 3.05) is 52.6 Å². The summed E-state index contributed by atoms with van der Waals surface area (Å²) in [6, 6.07) is 6.07. The van der Waals surface area contributed by atoms with Crippen molar-refractivity contribution in [2.45, 2.75) is 37.4 Å². The Labute approximate surface area is 155 Å². The minimum absolute atomic E-state index is 0.473. The van der Waals surface area contributed by atoms with E-state index in [9.17, 15) is 0 Å². The molecule has 4 unspecified atom stereocenters. The van der Waals surface area contributed by atoms with Gasteiger partial charge >= 0.3 is 0 Å². The van der Waals surface area contributed by atoms with Crippen LogP contribution in [-0.2, 0) is 9.47 Å². The standard InChI is InChI=1S/C19H31N3O2S/c1-3-15(17-14-24-9-6-20-17)16(4-1)21-13-18(19-5-2-12-25-19)22-7-10-23-11-8-22/h2,5,12,15-18,20-21H,1,3-4,6-11,13-14H2. The molecule has 3 heterocycles. The lowest BCUT2D eigenvalue weighted by Gasteiger charge is -2.37. The van der Waals surface area contributed by atoms with Gasteiger partial charge in [0.25, 0.3) is 0 Å². The van der Waals surface area contributed by atoms with E-state index in [1.807, 2.05) is 11.3 Å². The molecule has 0 bridgehead atoms. The summed E-state index contributed by atoms with van der Waals surface area (Å²) in [5.74, 6) is 0.703. The predicted molar refractivity (Wildman–Crippen MR) is 101 cm³/mol. The molecule has 1 aromatic heterocycles. The summed E-state index contributed by atoms with van der Waals surface area (Å²) >= 11 is 1.88. The van der Waals surface area contributed by atoms with Crippen LogP contribution < -0.4 is 10.6 Å². The first-order valence-electron chi connectivity index (χ1n) is 9.81. The molecule has 3 aliphatic rings. The third-order valence-electron chi connectivity index (χ3n) is 5.97. The van der Waals surface area contributed by atoms with Crippen LogP contribution in [0.2, 0.25) is 0 Å². The molecule has 5 nitrogen and oxygen atoms in total. The average Bonchev–Trinajstić information content (AvgIpc) is 3.36. The smallest absolute Gasteiger partial charge is 0.0623 e. The number of thiophene rings is 1. The first kappa shape index (κ1) is 17.9. The minimum Gasteiger partial charge on any atom is -0.379 e. The maximum Gasteiger partial charge on any atom is 0.0623 e. The van der Waals surface area contributed by atoms with Crippen molar-refractivity contribution in [3.05, 3.63) is 22.4 Å². The quantitative estimate of drug-likeness (QED) is 0.806. The number of rotatable bonds is 6. The summed E-state index contributed by atoms with van der Waals surface area (Å²) in [7, 11) is 0. The number of nitrogens with one attached hydrogen (secondary N) is 2. The van der Waals surface area contributed by atoms with Crippen LogP contribution in [0.4, 0.5) is 0 Å². The van der Waals surface area contributed by atoms with E-state index in [-0.39, 0.29) is 0 Å². The zero-order valence-electron chi connectivity index (χ0n) is 15.0. The van der Waals surface area contributed by atoms with E-state index in [1.165, 1.54) is 24.1 Å². The molecular formula is C19H31N3O2S. The largest absolute Gasteiger partial charge is 0.379 e. The molecule has 140 valence electrons. The summed E-state index contributed by atoms with van der Waals surface area (Å²) in [6.45, 7) is 7.56. The lowest BCUT2D eigenvalue weighted by Crippen LogP contribution is -2.52. The van der Waals surface area contributed by atoms with Crippen LogP contribution >= 0.6 is 11.3 Å². The van der Waals surface area contributed by atoms with Crippen molar-refractivity contribution in [3.8, 4) is 0 Å². The number of ether oxygens (including phenoxy) is 2. The molecular weight excluding hydrogens is 334 g/mol. The molecule has 1 saturated carbocycles. The van der Waals surface area contributed by atoms with Crippen LogP contribution in [0.3, 0.4) is 0 Å². The third kappa shape index (κ3) is 4.43. The first-order valence-corrected chi connectivity index (χ1v) is 10.7. The summed E-state index contributed by atoms with van der Waals surface area (Å²) in [5, 5.41) is 9.82. The lowest BCUT2D eigenvalue weighted by molar-refractivity contribution is 0.0152. The van der Waals surface area contributed by atoms with Gasteiger partial charge in [-0.15, -0.1) is 11.3 Å². The van der Waals surface area contributed by atoms with E-state index in [0.29, 0.717) is 24.0 Å². The fourth-order valence-corrected chi connectivity index (χ4v) is 5.49. The van der Waals surface area contributed by atoms with E-state index in [4.69, 9.17) is 9.47 Å². The van der Waals surface area contributed by atoms with Crippen LogP contribution in [0.15, 0.2) is 17.5 Å². The Kier molecular flexibility index (Phi) is 6.39.